The highest BCUT2D eigenvalue weighted by atomic mass is 32.1. The van der Waals surface area contributed by atoms with E-state index >= 15 is 0 Å². The summed E-state index contributed by atoms with van der Waals surface area (Å²) in [5.74, 6) is 0.603. The topological polar surface area (TPSA) is 65.3 Å². The fourth-order valence-corrected chi connectivity index (χ4v) is 2.13. The number of aryl methyl sites for hydroxylation is 1. The van der Waals surface area contributed by atoms with Gasteiger partial charge in [-0.25, -0.2) is 4.98 Å². The van der Waals surface area contributed by atoms with E-state index in [1.165, 1.54) is 12.1 Å². The van der Waals surface area contributed by atoms with Gasteiger partial charge in [-0.15, -0.1) is 11.3 Å². The lowest BCUT2D eigenvalue weighted by Crippen LogP contribution is -1.96. The zero-order chi connectivity index (χ0) is 13.0. The molecule has 0 N–H and O–H groups in total. The zero-order valence-electron chi connectivity index (χ0n) is 9.83. The van der Waals surface area contributed by atoms with Crippen LogP contribution in [0.4, 0.5) is 5.69 Å². The summed E-state index contributed by atoms with van der Waals surface area (Å²) in [6.45, 7) is 2.44. The van der Waals surface area contributed by atoms with Gasteiger partial charge >= 0.3 is 0 Å². The molecule has 18 heavy (non-hydrogen) atoms. The van der Waals surface area contributed by atoms with Gasteiger partial charge in [0.15, 0.2) is 0 Å². The third-order valence-corrected chi connectivity index (χ3v) is 3.38. The van der Waals surface area contributed by atoms with Crippen LogP contribution in [0.15, 0.2) is 29.6 Å². The molecule has 0 atom stereocenters. The highest BCUT2D eigenvalue weighted by Crippen LogP contribution is 2.19. The number of nitro groups is 1. The number of thiazole rings is 1. The first-order valence-corrected chi connectivity index (χ1v) is 6.37. The van der Waals surface area contributed by atoms with Crippen molar-refractivity contribution in [2.45, 2.75) is 20.0 Å². The van der Waals surface area contributed by atoms with Crippen LogP contribution in [0.3, 0.4) is 0 Å². The maximum atomic E-state index is 10.5. The van der Waals surface area contributed by atoms with Crippen LogP contribution in [0.2, 0.25) is 0 Å². The molecule has 5 nitrogen and oxygen atoms in total. The Morgan fingerprint density at radius 1 is 1.39 bits per heavy atom. The zero-order valence-corrected chi connectivity index (χ0v) is 10.6. The highest BCUT2D eigenvalue weighted by molar-refractivity contribution is 7.09. The molecule has 2 rings (SSSR count). The van der Waals surface area contributed by atoms with Crippen molar-refractivity contribution in [1.82, 2.24) is 4.98 Å². The molecule has 0 amide bonds. The van der Waals surface area contributed by atoms with Crippen molar-refractivity contribution in [3.05, 3.63) is 50.5 Å². The van der Waals surface area contributed by atoms with Crippen molar-refractivity contribution < 1.29 is 9.66 Å². The molecule has 2 aromatic rings. The second-order valence-corrected chi connectivity index (χ2v) is 4.57. The maximum Gasteiger partial charge on any atom is 0.269 e. The molecule has 0 aliphatic rings. The van der Waals surface area contributed by atoms with E-state index in [9.17, 15) is 10.1 Å². The molecule has 0 aliphatic carbocycles. The number of aromatic nitrogens is 1. The van der Waals surface area contributed by atoms with Crippen LogP contribution in [0.25, 0.3) is 0 Å². The van der Waals surface area contributed by atoms with Gasteiger partial charge in [-0.1, -0.05) is 6.92 Å². The Kier molecular flexibility index (Phi) is 3.88. The third kappa shape index (κ3) is 3.04. The second-order valence-electron chi connectivity index (χ2n) is 3.63. The minimum Gasteiger partial charge on any atom is -0.487 e. The molecule has 6 heteroatoms. The fourth-order valence-electron chi connectivity index (χ4n) is 1.40. The normalized spacial score (nSPS) is 10.3. The van der Waals surface area contributed by atoms with E-state index in [1.807, 2.05) is 5.38 Å². The number of benzene rings is 1. The summed E-state index contributed by atoms with van der Waals surface area (Å²) in [5, 5.41) is 13.5. The SMILES string of the molecule is CCc1nc(COc2ccc([N+](=O)[O-])cc2)cs1. The fraction of sp³-hybridized carbons (Fsp3) is 0.250. The lowest BCUT2D eigenvalue weighted by Gasteiger charge is -2.03. The molecule has 0 saturated heterocycles. The van der Waals surface area contributed by atoms with Gasteiger partial charge in [0.1, 0.15) is 12.4 Å². The number of rotatable bonds is 5. The first-order valence-electron chi connectivity index (χ1n) is 5.49. The van der Waals surface area contributed by atoms with Crippen molar-refractivity contribution >= 4 is 17.0 Å². The van der Waals surface area contributed by atoms with Crippen LogP contribution in [-0.2, 0) is 13.0 Å². The highest BCUT2D eigenvalue weighted by Gasteiger charge is 2.05. The third-order valence-electron chi connectivity index (χ3n) is 2.34. The molecule has 0 saturated carbocycles. The summed E-state index contributed by atoms with van der Waals surface area (Å²) in [5.41, 5.74) is 0.944. The molecular formula is C12H12N2O3S. The smallest absolute Gasteiger partial charge is 0.269 e. The van der Waals surface area contributed by atoms with E-state index in [1.54, 1.807) is 23.5 Å². The van der Waals surface area contributed by atoms with Gasteiger partial charge in [-0.2, -0.15) is 0 Å². The van der Waals surface area contributed by atoms with E-state index in [-0.39, 0.29) is 5.69 Å². The number of hydrogen-bond donors (Lipinski definition) is 0. The quantitative estimate of drug-likeness (QED) is 0.614. The molecule has 94 valence electrons. The molecule has 1 aromatic carbocycles. The van der Waals surface area contributed by atoms with Crippen LogP contribution < -0.4 is 4.74 Å². The van der Waals surface area contributed by atoms with E-state index in [2.05, 4.69) is 11.9 Å². The Morgan fingerprint density at radius 3 is 2.67 bits per heavy atom. The van der Waals surface area contributed by atoms with Crippen LogP contribution >= 0.6 is 11.3 Å². The number of ether oxygens (including phenoxy) is 1. The molecular weight excluding hydrogens is 252 g/mol. The number of non-ortho nitro benzene ring substituents is 1. The Bertz CT molecular complexity index is 537. The average Bonchev–Trinajstić information content (AvgIpc) is 2.85. The lowest BCUT2D eigenvalue weighted by atomic mass is 10.3. The summed E-state index contributed by atoms with van der Waals surface area (Å²) >= 11 is 1.61. The predicted molar refractivity (Wildman–Crippen MR) is 68.9 cm³/mol. The Morgan fingerprint density at radius 2 is 2.11 bits per heavy atom. The minimum absolute atomic E-state index is 0.0595. The average molecular weight is 264 g/mol. The van der Waals surface area contributed by atoms with Crippen molar-refractivity contribution in [3.63, 3.8) is 0 Å². The first kappa shape index (κ1) is 12.5. The molecule has 0 radical (unpaired) electrons. The largest absolute Gasteiger partial charge is 0.487 e. The maximum absolute atomic E-state index is 10.5. The molecule has 1 heterocycles. The summed E-state index contributed by atoms with van der Waals surface area (Å²) in [4.78, 5) is 14.4. The van der Waals surface area contributed by atoms with Gasteiger partial charge in [0.05, 0.1) is 15.6 Å². The number of nitrogens with zero attached hydrogens (tertiary/aromatic N) is 2. The van der Waals surface area contributed by atoms with Crippen molar-refractivity contribution in [1.29, 1.82) is 0 Å². The lowest BCUT2D eigenvalue weighted by molar-refractivity contribution is -0.384. The van der Waals surface area contributed by atoms with Crippen LogP contribution in [-0.4, -0.2) is 9.91 Å². The van der Waals surface area contributed by atoms with Crippen LogP contribution in [0.5, 0.6) is 5.75 Å². The summed E-state index contributed by atoms with van der Waals surface area (Å²) in [6.07, 6.45) is 0.919. The number of nitro benzene ring substituents is 1. The standard InChI is InChI=1S/C12H12N2O3S/c1-2-12-13-9(8-18-12)7-17-11-5-3-10(4-6-11)14(15)16/h3-6,8H,2,7H2,1H3. The van der Waals surface area contributed by atoms with Crippen molar-refractivity contribution in [2.24, 2.45) is 0 Å². The van der Waals surface area contributed by atoms with E-state index in [4.69, 9.17) is 4.74 Å². The summed E-state index contributed by atoms with van der Waals surface area (Å²) in [6, 6.07) is 6.03. The van der Waals surface area contributed by atoms with Gasteiger partial charge in [0.2, 0.25) is 0 Å². The molecule has 0 fully saturated rings. The molecule has 0 spiro atoms. The predicted octanol–water partition coefficient (Wildman–Crippen LogP) is 3.19. The Balaban J connectivity index is 1.95. The van der Waals surface area contributed by atoms with Crippen molar-refractivity contribution in [2.75, 3.05) is 0 Å². The Labute approximate surface area is 108 Å². The van der Waals surface area contributed by atoms with Crippen LogP contribution in [0, 0.1) is 10.1 Å². The molecule has 1 aromatic heterocycles. The van der Waals surface area contributed by atoms with Gasteiger partial charge in [0.25, 0.3) is 5.69 Å². The number of hydrogen-bond acceptors (Lipinski definition) is 5. The monoisotopic (exact) mass is 264 g/mol. The minimum atomic E-state index is -0.433. The van der Waals surface area contributed by atoms with E-state index in [0.717, 1.165) is 17.1 Å². The summed E-state index contributed by atoms with van der Waals surface area (Å²) in [7, 11) is 0. The van der Waals surface area contributed by atoms with E-state index in [0.29, 0.717) is 12.4 Å². The summed E-state index contributed by atoms with van der Waals surface area (Å²) < 4.78 is 5.51. The van der Waals surface area contributed by atoms with Gasteiger partial charge in [0, 0.05) is 17.5 Å². The Hall–Kier alpha value is -1.95. The molecule has 0 aliphatic heterocycles. The second kappa shape index (κ2) is 5.59. The van der Waals surface area contributed by atoms with Gasteiger partial charge < -0.3 is 4.74 Å². The van der Waals surface area contributed by atoms with E-state index < -0.39 is 4.92 Å². The van der Waals surface area contributed by atoms with Crippen LogP contribution in [0.1, 0.15) is 17.6 Å². The van der Waals surface area contributed by atoms with Crippen molar-refractivity contribution in [3.8, 4) is 5.75 Å². The molecule has 0 unspecified atom stereocenters. The molecule has 0 bridgehead atoms. The van der Waals surface area contributed by atoms with Gasteiger partial charge in [-0.05, 0) is 18.6 Å². The first-order chi connectivity index (χ1) is 8.69. The van der Waals surface area contributed by atoms with Gasteiger partial charge in [-0.3, -0.25) is 10.1 Å².